The highest BCUT2D eigenvalue weighted by Crippen LogP contribution is 2.22. The fraction of sp³-hybridized carbons (Fsp3) is 0.308. The molecule has 5 heteroatoms. The van der Waals surface area contributed by atoms with E-state index in [1.165, 1.54) is 5.69 Å². The van der Waals surface area contributed by atoms with Gasteiger partial charge in [-0.25, -0.2) is 0 Å². The highest BCUT2D eigenvalue weighted by atomic mass is 79.9. The third-order valence-corrected chi connectivity index (χ3v) is 4.65. The maximum absolute atomic E-state index is 4.48. The first-order chi connectivity index (χ1) is 8.59. The molecule has 0 aliphatic heterocycles. The summed E-state index contributed by atoms with van der Waals surface area (Å²) < 4.78 is 4.20. The Hall–Kier alpha value is -0.810. The third-order valence-electron chi connectivity index (χ3n) is 2.81. The molecular weight excluding hydrogens is 358 g/mol. The molecule has 0 aliphatic rings. The zero-order chi connectivity index (χ0) is 13.1. The third kappa shape index (κ3) is 2.95. The van der Waals surface area contributed by atoms with Gasteiger partial charge in [-0.2, -0.15) is 5.10 Å². The Kier molecular flexibility index (Phi) is 4.45. The number of nitrogens with zero attached hydrogens (tertiary/aromatic N) is 2. The highest BCUT2D eigenvalue weighted by Gasteiger charge is 2.07. The molecule has 2 aromatic rings. The van der Waals surface area contributed by atoms with E-state index < -0.39 is 0 Å². The highest BCUT2D eigenvalue weighted by molar-refractivity contribution is 9.11. The van der Waals surface area contributed by atoms with E-state index in [1.807, 2.05) is 29.8 Å². The summed E-state index contributed by atoms with van der Waals surface area (Å²) in [5.41, 5.74) is 3.31. The smallest absolute Gasteiger partial charge is 0.0738 e. The summed E-state index contributed by atoms with van der Waals surface area (Å²) in [4.78, 5) is 0. The van der Waals surface area contributed by atoms with Gasteiger partial charge in [0.05, 0.1) is 16.7 Å². The van der Waals surface area contributed by atoms with Gasteiger partial charge in [0.2, 0.25) is 0 Å². The molecule has 0 amide bonds. The number of aromatic nitrogens is 2. The second kappa shape index (κ2) is 5.89. The lowest BCUT2D eigenvalue weighted by atomic mass is 10.3. The molecule has 1 aromatic carbocycles. The molecule has 96 valence electrons. The molecule has 0 saturated heterocycles. The molecule has 0 radical (unpaired) electrons. The van der Waals surface area contributed by atoms with Gasteiger partial charge < -0.3 is 5.32 Å². The van der Waals surface area contributed by atoms with Gasteiger partial charge in [0.1, 0.15) is 0 Å². The number of halogens is 2. The summed E-state index contributed by atoms with van der Waals surface area (Å²) >= 11 is 7.06. The van der Waals surface area contributed by atoms with Crippen LogP contribution in [0.2, 0.25) is 0 Å². The Morgan fingerprint density at radius 1 is 1.22 bits per heavy atom. The van der Waals surface area contributed by atoms with E-state index in [4.69, 9.17) is 0 Å². The van der Waals surface area contributed by atoms with E-state index in [2.05, 4.69) is 55.3 Å². The Labute approximate surface area is 124 Å². The fourth-order valence-corrected chi connectivity index (χ4v) is 2.50. The molecule has 1 heterocycles. The van der Waals surface area contributed by atoms with Crippen molar-refractivity contribution in [2.24, 2.45) is 0 Å². The first-order valence-corrected chi connectivity index (χ1v) is 7.36. The van der Waals surface area contributed by atoms with Gasteiger partial charge in [0, 0.05) is 22.4 Å². The van der Waals surface area contributed by atoms with Crippen molar-refractivity contribution in [3.8, 4) is 0 Å². The SMILES string of the molecule is Cc1nn(CCNc2ccccc2Br)c(C)c1Br. The van der Waals surface area contributed by atoms with Crippen LogP contribution >= 0.6 is 31.9 Å². The molecule has 18 heavy (non-hydrogen) atoms. The summed E-state index contributed by atoms with van der Waals surface area (Å²) in [5.74, 6) is 0. The maximum Gasteiger partial charge on any atom is 0.0738 e. The lowest BCUT2D eigenvalue weighted by Gasteiger charge is -2.09. The largest absolute Gasteiger partial charge is 0.382 e. The fourth-order valence-electron chi connectivity index (χ4n) is 1.79. The predicted molar refractivity (Wildman–Crippen MR) is 82.0 cm³/mol. The molecule has 0 atom stereocenters. The zero-order valence-corrected chi connectivity index (χ0v) is 13.5. The molecule has 1 aromatic heterocycles. The lowest BCUT2D eigenvalue weighted by molar-refractivity contribution is 0.614. The molecule has 2 rings (SSSR count). The summed E-state index contributed by atoms with van der Waals surface area (Å²) in [5, 5.41) is 7.88. The normalized spacial score (nSPS) is 10.7. The van der Waals surface area contributed by atoms with Crippen LogP contribution in [0.5, 0.6) is 0 Å². The van der Waals surface area contributed by atoms with Crippen molar-refractivity contribution in [2.45, 2.75) is 20.4 Å². The number of anilines is 1. The topological polar surface area (TPSA) is 29.9 Å². The molecule has 0 aliphatic carbocycles. The van der Waals surface area contributed by atoms with Gasteiger partial charge in [-0.1, -0.05) is 12.1 Å². The molecule has 0 saturated carbocycles. The van der Waals surface area contributed by atoms with Crippen LogP contribution in [-0.2, 0) is 6.54 Å². The van der Waals surface area contributed by atoms with Gasteiger partial charge in [-0.15, -0.1) is 0 Å². The van der Waals surface area contributed by atoms with Crippen molar-refractivity contribution >= 4 is 37.5 Å². The van der Waals surface area contributed by atoms with Gasteiger partial charge in [0.15, 0.2) is 0 Å². The monoisotopic (exact) mass is 371 g/mol. The first-order valence-electron chi connectivity index (χ1n) is 5.77. The number of hydrogen-bond acceptors (Lipinski definition) is 2. The number of para-hydroxylation sites is 1. The molecule has 3 nitrogen and oxygen atoms in total. The Balaban J connectivity index is 1.97. The number of benzene rings is 1. The Morgan fingerprint density at radius 2 is 1.94 bits per heavy atom. The van der Waals surface area contributed by atoms with E-state index in [9.17, 15) is 0 Å². The quantitative estimate of drug-likeness (QED) is 0.874. The molecule has 0 unspecified atom stereocenters. The minimum absolute atomic E-state index is 0.844. The standard InChI is InChI=1S/C13H15Br2N3/c1-9-13(15)10(2)18(17-9)8-7-16-12-6-4-3-5-11(12)14/h3-6,16H,7-8H2,1-2H3. The maximum atomic E-state index is 4.48. The molecule has 0 spiro atoms. The van der Waals surface area contributed by atoms with Crippen LogP contribution in [0.3, 0.4) is 0 Å². The van der Waals surface area contributed by atoms with Gasteiger partial charge in [0.25, 0.3) is 0 Å². The van der Waals surface area contributed by atoms with E-state index >= 15 is 0 Å². The number of nitrogens with one attached hydrogen (secondary N) is 1. The van der Waals surface area contributed by atoms with Crippen LogP contribution in [0.1, 0.15) is 11.4 Å². The zero-order valence-electron chi connectivity index (χ0n) is 10.4. The minimum Gasteiger partial charge on any atom is -0.382 e. The van der Waals surface area contributed by atoms with E-state index in [1.54, 1.807) is 0 Å². The number of rotatable bonds is 4. The van der Waals surface area contributed by atoms with Crippen molar-refractivity contribution in [3.63, 3.8) is 0 Å². The van der Waals surface area contributed by atoms with Gasteiger partial charge >= 0.3 is 0 Å². The second-order valence-electron chi connectivity index (χ2n) is 4.11. The average molecular weight is 373 g/mol. The van der Waals surface area contributed by atoms with E-state index in [0.29, 0.717) is 0 Å². The van der Waals surface area contributed by atoms with Crippen molar-refractivity contribution in [1.29, 1.82) is 0 Å². The number of aryl methyl sites for hydroxylation is 1. The Morgan fingerprint density at radius 3 is 2.56 bits per heavy atom. The minimum atomic E-state index is 0.844. The van der Waals surface area contributed by atoms with E-state index in [-0.39, 0.29) is 0 Å². The molecule has 0 fully saturated rings. The van der Waals surface area contributed by atoms with Gasteiger partial charge in [-0.3, -0.25) is 4.68 Å². The Bertz CT molecular complexity index is 549. The van der Waals surface area contributed by atoms with Gasteiger partial charge in [-0.05, 0) is 57.8 Å². The van der Waals surface area contributed by atoms with Crippen LogP contribution < -0.4 is 5.32 Å². The van der Waals surface area contributed by atoms with Crippen molar-refractivity contribution in [1.82, 2.24) is 9.78 Å². The summed E-state index contributed by atoms with van der Waals surface area (Å²) in [6.07, 6.45) is 0. The van der Waals surface area contributed by atoms with Crippen molar-refractivity contribution < 1.29 is 0 Å². The molecule has 0 bridgehead atoms. The van der Waals surface area contributed by atoms with E-state index in [0.717, 1.165) is 33.4 Å². The van der Waals surface area contributed by atoms with Crippen LogP contribution in [-0.4, -0.2) is 16.3 Å². The van der Waals surface area contributed by atoms with Crippen LogP contribution in [0.25, 0.3) is 0 Å². The van der Waals surface area contributed by atoms with Crippen LogP contribution in [0, 0.1) is 13.8 Å². The summed E-state index contributed by atoms with van der Waals surface area (Å²) in [7, 11) is 0. The first kappa shape index (κ1) is 13.6. The average Bonchev–Trinajstić information content (AvgIpc) is 2.60. The van der Waals surface area contributed by atoms with Crippen LogP contribution in [0.15, 0.2) is 33.2 Å². The van der Waals surface area contributed by atoms with Crippen LogP contribution in [0.4, 0.5) is 5.69 Å². The molecular formula is C13H15Br2N3. The van der Waals surface area contributed by atoms with Crippen molar-refractivity contribution in [3.05, 3.63) is 44.6 Å². The predicted octanol–water partition coefficient (Wildman–Crippen LogP) is 4.14. The lowest BCUT2D eigenvalue weighted by Crippen LogP contribution is -2.13. The second-order valence-corrected chi connectivity index (χ2v) is 5.76. The number of hydrogen-bond donors (Lipinski definition) is 1. The van der Waals surface area contributed by atoms with Crippen molar-refractivity contribution in [2.75, 3.05) is 11.9 Å². The summed E-state index contributed by atoms with van der Waals surface area (Å²) in [6, 6.07) is 8.11. The summed E-state index contributed by atoms with van der Waals surface area (Å²) in [6.45, 7) is 5.77. The molecule has 1 N–H and O–H groups in total.